The molecule has 0 fully saturated rings. The summed E-state index contributed by atoms with van der Waals surface area (Å²) in [6.07, 6.45) is 0.533. The van der Waals surface area contributed by atoms with Crippen molar-refractivity contribution in [3.05, 3.63) is 35.6 Å². The highest BCUT2D eigenvalue weighted by molar-refractivity contribution is 5.20. The zero-order chi connectivity index (χ0) is 14.8. The Morgan fingerprint density at radius 2 is 2.00 bits per heavy atom. The van der Waals surface area contributed by atoms with Crippen LogP contribution in [-0.4, -0.2) is 39.6 Å². The van der Waals surface area contributed by atoms with E-state index < -0.39 is 0 Å². The van der Waals surface area contributed by atoms with Crippen molar-refractivity contribution in [2.75, 3.05) is 33.5 Å². The van der Waals surface area contributed by atoms with E-state index >= 15 is 0 Å². The molecule has 0 aliphatic heterocycles. The second kappa shape index (κ2) is 9.83. The Morgan fingerprint density at radius 3 is 2.65 bits per heavy atom. The molecule has 1 aromatic rings. The number of ether oxygens (including phenoxy) is 3. The SMILES string of the molecule is COCCCOCCOC(c1cccc(F)c1)C(C)N. The molecular formula is C15H24FNO3. The number of rotatable bonds is 10. The molecule has 0 spiro atoms. The van der Waals surface area contributed by atoms with Crippen molar-refractivity contribution < 1.29 is 18.6 Å². The normalized spacial score (nSPS) is 14.2. The second-order valence-corrected chi connectivity index (χ2v) is 4.66. The third kappa shape index (κ3) is 6.43. The van der Waals surface area contributed by atoms with E-state index in [1.165, 1.54) is 12.1 Å². The lowest BCUT2D eigenvalue weighted by Gasteiger charge is -2.22. The first-order chi connectivity index (χ1) is 9.65. The van der Waals surface area contributed by atoms with Gasteiger partial charge in [-0.1, -0.05) is 12.1 Å². The van der Waals surface area contributed by atoms with Crippen molar-refractivity contribution in [2.45, 2.75) is 25.5 Å². The largest absolute Gasteiger partial charge is 0.385 e. The van der Waals surface area contributed by atoms with Crippen LogP contribution in [0.4, 0.5) is 4.39 Å². The third-order valence-corrected chi connectivity index (χ3v) is 2.82. The first-order valence-electron chi connectivity index (χ1n) is 6.84. The molecule has 2 atom stereocenters. The number of hydrogen-bond donors (Lipinski definition) is 1. The minimum Gasteiger partial charge on any atom is -0.385 e. The molecular weight excluding hydrogens is 261 g/mol. The van der Waals surface area contributed by atoms with Gasteiger partial charge in [0.1, 0.15) is 5.82 Å². The Morgan fingerprint density at radius 1 is 1.20 bits per heavy atom. The molecule has 114 valence electrons. The summed E-state index contributed by atoms with van der Waals surface area (Å²) in [5.41, 5.74) is 6.64. The topological polar surface area (TPSA) is 53.7 Å². The fourth-order valence-electron chi connectivity index (χ4n) is 1.88. The van der Waals surface area contributed by atoms with Gasteiger partial charge < -0.3 is 19.9 Å². The number of methoxy groups -OCH3 is 1. The lowest BCUT2D eigenvalue weighted by atomic mass is 10.0. The van der Waals surface area contributed by atoms with Crippen molar-refractivity contribution in [2.24, 2.45) is 5.73 Å². The molecule has 0 aliphatic rings. The molecule has 1 aromatic carbocycles. The van der Waals surface area contributed by atoms with E-state index in [-0.39, 0.29) is 18.0 Å². The van der Waals surface area contributed by atoms with Crippen LogP contribution in [0.5, 0.6) is 0 Å². The summed E-state index contributed by atoms with van der Waals surface area (Å²) >= 11 is 0. The molecule has 0 heterocycles. The number of nitrogens with two attached hydrogens (primary N) is 1. The molecule has 20 heavy (non-hydrogen) atoms. The van der Waals surface area contributed by atoms with Crippen molar-refractivity contribution >= 4 is 0 Å². The Balaban J connectivity index is 2.33. The maximum Gasteiger partial charge on any atom is 0.123 e. The molecule has 5 heteroatoms. The second-order valence-electron chi connectivity index (χ2n) is 4.66. The van der Waals surface area contributed by atoms with Crippen LogP contribution < -0.4 is 5.73 Å². The highest BCUT2D eigenvalue weighted by atomic mass is 19.1. The average molecular weight is 285 g/mol. The van der Waals surface area contributed by atoms with Gasteiger partial charge in [-0.05, 0) is 31.0 Å². The van der Waals surface area contributed by atoms with Gasteiger partial charge in [-0.2, -0.15) is 0 Å². The van der Waals surface area contributed by atoms with Crippen LogP contribution >= 0.6 is 0 Å². The predicted molar refractivity (Wildman–Crippen MR) is 76.1 cm³/mol. The fourth-order valence-corrected chi connectivity index (χ4v) is 1.88. The van der Waals surface area contributed by atoms with E-state index in [1.54, 1.807) is 13.2 Å². The lowest BCUT2D eigenvalue weighted by Crippen LogP contribution is -2.28. The van der Waals surface area contributed by atoms with Gasteiger partial charge in [0.2, 0.25) is 0 Å². The predicted octanol–water partition coefficient (Wildman–Crippen LogP) is 2.28. The van der Waals surface area contributed by atoms with Crippen LogP contribution in [0.3, 0.4) is 0 Å². The Labute approximate surface area is 120 Å². The van der Waals surface area contributed by atoms with Crippen LogP contribution in [0.15, 0.2) is 24.3 Å². The molecule has 0 saturated heterocycles. The van der Waals surface area contributed by atoms with Crippen LogP contribution in [-0.2, 0) is 14.2 Å². The average Bonchev–Trinajstić information content (AvgIpc) is 2.41. The van der Waals surface area contributed by atoms with E-state index in [1.807, 2.05) is 13.0 Å². The molecule has 4 nitrogen and oxygen atoms in total. The van der Waals surface area contributed by atoms with Crippen molar-refractivity contribution in [3.8, 4) is 0 Å². The minimum atomic E-state index is -0.326. The van der Waals surface area contributed by atoms with E-state index in [0.29, 0.717) is 26.4 Å². The molecule has 0 amide bonds. The van der Waals surface area contributed by atoms with Crippen LogP contribution in [0.25, 0.3) is 0 Å². The first kappa shape index (κ1) is 17.0. The van der Waals surface area contributed by atoms with Crippen molar-refractivity contribution in [1.29, 1.82) is 0 Å². The molecule has 0 aliphatic carbocycles. The van der Waals surface area contributed by atoms with Gasteiger partial charge in [0.25, 0.3) is 0 Å². The highest BCUT2D eigenvalue weighted by Gasteiger charge is 2.17. The molecule has 2 unspecified atom stereocenters. The smallest absolute Gasteiger partial charge is 0.123 e. The molecule has 0 saturated carbocycles. The minimum absolute atomic E-state index is 0.217. The number of benzene rings is 1. The summed E-state index contributed by atoms with van der Waals surface area (Å²) in [6.45, 7) is 4.08. The standard InChI is InChI=1S/C15H24FNO3/c1-12(17)15(13-5-3-6-14(16)11-13)20-10-9-19-8-4-7-18-2/h3,5-6,11-12,15H,4,7-10,17H2,1-2H3. The summed E-state index contributed by atoms with van der Waals surface area (Å²) in [4.78, 5) is 0. The fraction of sp³-hybridized carbons (Fsp3) is 0.600. The van der Waals surface area contributed by atoms with Crippen LogP contribution in [0, 0.1) is 5.82 Å². The zero-order valence-electron chi connectivity index (χ0n) is 12.2. The van der Waals surface area contributed by atoms with E-state index in [9.17, 15) is 4.39 Å². The Bertz CT molecular complexity index is 374. The van der Waals surface area contributed by atoms with Gasteiger partial charge in [0.05, 0.1) is 19.3 Å². The number of hydrogen-bond acceptors (Lipinski definition) is 4. The zero-order valence-corrected chi connectivity index (χ0v) is 12.2. The van der Waals surface area contributed by atoms with Gasteiger partial charge in [0.15, 0.2) is 0 Å². The van der Waals surface area contributed by atoms with Crippen molar-refractivity contribution in [1.82, 2.24) is 0 Å². The van der Waals surface area contributed by atoms with E-state index in [4.69, 9.17) is 19.9 Å². The van der Waals surface area contributed by atoms with Crippen LogP contribution in [0.1, 0.15) is 25.0 Å². The van der Waals surface area contributed by atoms with Gasteiger partial charge in [0, 0.05) is 26.4 Å². The van der Waals surface area contributed by atoms with Crippen molar-refractivity contribution in [3.63, 3.8) is 0 Å². The van der Waals surface area contributed by atoms with Gasteiger partial charge in [-0.3, -0.25) is 0 Å². The quantitative estimate of drug-likeness (QED) is 0.670. The Kier molecular flexibility index (Phi) is 8.37. The third-order valence-electron chi connectivity index (χ3n) is 2.82. The molecule has 0 bridgehead atoms. The maximum absolute atomic E-state index is 13.2. The van der Waals surface area contributed by atoms with Crippen LogP contribution in [0.2, 0.25) is 0 Å². The van der Waals surface area contributed by atoms with Gasteiger partial charge in [-0.15, -0.1) is 0 Å². The molecule has 2 N–H and O–H groups in total. The summed E-state index contributed by atoms with van der Waals surface area (Å²) in [5.74, 6) is -0.285. The summed E-state index contributed by atoms with van der Waals surface area (Å²) < 4.78 is 29.3. The van der Waals surface area contributed by atoms with E-state index in [0.717, 1.165) is 12.0 Å². The van der Waals surface area contributed by atoms with Gasteiger partial charge in [-0.25, -0.2) is 4.39 Å². The molecule has 0 radical (unpaired) electrons. The highest BCUT2D eigenvalue weighted by Crippen LogP contribution is 2.20. The number of halogens is 1. The Hall–Kier alpha value is -1.01. The summed E-state index contributed by atoms with van der Waals surface area (Å²) in [5, 5.41) is 0. The molecule has 0 aromatic heterocycles. The monoisotopic (exact) mass is 285 g/mol. The summed E-state index contributed by atoms with van der Waals surface area (Å²) in [6, 6.07) is 6.11. The first-order valence-corrected chi connectivity index (χ1v) is 6.84. The van der Waals surface area contributed by atoms with E-state index in [2.05, 4.69) is 0 Å². The lowest BCUT2D eigenvalue weighted by molar-refractivity contribution is -0.00773. The maximum atomic E-state index is 13.2. The summed E-state index contributed by atoms with van der Waals surface area (Å²) in [7, 11) is 1.66. The molecule has 1 rings (SSSR count). The van der Waals surface area contributed by atoms with Gasteiger partial charge >= 0.3 is 0 Å².